The Labute approximate surface area is 158 Å². The average Bonchev–Trinajstić information content (AvgIpc) is 2.65. The molecule has 2 rings (SSSR count). The molecule has 0 saturated heterocycles. The highest BCUT2D eigenvalue weighted by atomic mass is 16.5. The van der Waals surface area contributed by atoms with Gasteiger partial charge in [-0.1, -0.05) is 18.2 Å². The molecule has 2 aromatic rings. The fourth-order valence-corrected chi connectivity index (χ4v) is 2.20. The van der Waals surface area contributed by atoms with Gasteiger partial charge in [0, 0.05) is 41.7 Å². The monoisotopic (exact) mass is 372 g/mol. The van der Waals surface area contributed by atoms with Gasteiger partial charge in [-0.2, -0.15) is 0 Å². The van der Waals surface area contributed by atoms with E-state index >= 15 is 0 Å². The van der Waals surface area contributed by atoms with Crippen molar-refractivity contribution in [2.75, 3.05) is 13.6 Å². The van der Waals surface area contributed by atoms with Gasteiger partial charge in [-0.15, -0.1) is 0 Å². The molecule has 0 spiro atoms. The molecule has 0 bridgehead atoms. The van der Waals surface area contributed by atoms with Crippen LogP contribution in [0.4, 0.5) is 0 Å². The molecule has 27 heavy (non-hydrogen) atoms. The Morgan fingerprint density at radius 2 is 1.93 bits per heavy atom. The highest BCUT2D eigenvalue weighted by Crippen LogP contribution is 2.26. The molecular formula is C20H24N2O5. The predicted octanol–water partition coefficient (Wildman–Crippen LogP) is 2.88. The first-order valence-corrected chi connectivity index (χ1v) is 8.38. The topological polar surface area (TPSA) is 109 Å². The number of nitrogens with one attached hydrogen (secondary N) is 1. The van der Waals surface area contributed by atoms with Crippen molar-refractivity contribution in [2.24, 2.45) is 0 Å². The molecular weight excluding hydrogens is 348 g/mol. The van der Waals surface area contributed by atoms with E-state index in [0.717, 1.165) is 29.5 Å². The van der Waals surface area contributed by atoms with Crippen molar-refractivity contribution in [3.8, 4) is 5.75 Å². The lowest BCUT2D eigenvalue weighted by atomic mass is 10.1. The Balaban J connectivity index is 0.000000387. The summed E-state index contributed by atoms with van der Waals surface area (Å²) in [7, 11) is 1.95. The van der Waals surface area contributed by atoms with Crippen LogP contribution in [0.5, 0.6) is 5.75 Å². The number of nitrogens with zero attached hydrogens (tertiary/aromatic N) is 1. The second-order valence-corrected chi connectivity index (χ2v) is 5.44. The molecule has 1 unspecified atom stereocenters. The van der Waals surface area contributed by atoms with Gasteiger partial charge in [0.05, 0.1) is 0 Å². The fraction of sp³-hybridized carbons (Fsp3) is 0.250. The summed E-state index contributed by atoms with van der Waals surface area (Å²) < 4.78 is 6.12. The van der Waals surface area contributed by atoms with Gasteiger partial charge in [0.2, 0.25) is 0 Å². The maximum atomic E-state index is 9.55. The normalized spacial score (nSPS) is 11.9. The zero-order valence-corrected chi connectivity index (χ0v) is 15.3. The first-order chi connectivity index (χ1) is 13.0. The molecule has 7 nitrogen and oxygen atoms in total. The van der Waals surface area contributed by atoms with Gasteiger partial charge in [-0.05, 0) is 38.7 Å². The van der Waals surface area contributed by atoms with Gasteiger partial charge in [0.25, 0.3) is 0 Å². The van der Waals surface area contributed by atoms with E-state index in [-0.39, 0.29) is 6.10 Å². The summed E-state index contributed by atoms with van der Waals surface area (Å²) in [5.74, 6) is -1.60. The molecule has 3 N–H and O–H groups in total. The Hall–Kier alpha value is -3.19. The van der Waals surface area contributed by atoms with Crippen LogP contribution in [0.3, 0.4) is 0 Å². The number of rotatable bonds is 8. The van der Waals surface area contributed by atoms with Crippen LogP contribution < -0.4 is 10.1 Å². The van der Waals surface area contributed by atoms with E-state index in [1.807, 2.05) is 50.5 Å². The zero-order chi connectivity index (χ0) is 20.1. The van der Waals surface area contributed by atoms with Crippen molar-refractivity contribution in [1.82, 2.24) is 10.3 Å². The SMILES string of the molecule is C/C=C/C(CCNC)Oc1cccc2cnccc12.O=C(O)/C=C/C(=O)O. The number of ether oxygens (including phenoxy) is 1. The van der Waals surface area contributed by atoms with E-state index < -0.39 is 11.9 Å². The highest BCUT2D eigenvalue weighted by molar-refractivity contribution is 5.89. The van der Waals surface area contributed by atoms with Gasteiger partial charge in [-0.3, -0.25) is 4.98 Å². The summed E-state index contributed by atoms with van der Waals surface area (Å²) in [6.45, 7) is 2.95. The molecule has 0 radical (unpaired) electrons. The number of allylic oxidation sites excluding steroid dienone is 1. The predicted molar refractivity (Wildman–Crippen MR) is 104 cm³/mol. The van der Waals surface area contributed by atoms with Crippen molar-refractivity contribution < 1.29 is 24.5 Å². The summed E-state index contributed by atoms with van der Waals surface area (Å²) >= 11 is 0. The number of aromatic nitrogens is 1. The van der Waals surface area contributed by atoms with Crippen LogP contribution in [0, 0.1) is 0 Å². The molecule has 1 heterocycles. The third-order valence-corrected chi connectivity index (χ3v) is 3.37. The van der Waals surface area contributed by atoms with Crippen LogP contribution >= 0.6 is 0 Å². The molecule has 1 atom stereocenters. The number of carboxylic acids is 2. The van der Waals surface area contributed by atoms with Crippen LogP contribution in [0.1, 0.15) is 13.3 Å². The van der Waals surface area contributed by atoms with Crippen LogP contribution in [0.15, 0.2) is 61.0 Å². The standard InChI is InChI=1S/C16H20N2O.C4H4O4/c1-3-5-14(8-10-17-2)19-16-7-4-6-13-12-18-11-9-15(13)16;5-3(6)1-2-4(7)8/h3-7,9,11-12,14,17H,8,10H2,1-2H3;1-2H,(H,5,6)(H,7,8)/b5-3+;2-1+. The van der Waals surface area contributed by atoms with E-state index in [2.05, 4.69) is 16.4 Å². The van der Waals surface area contributed by atoms with Gasteiger partial charge in [-0.25, -0.2) is 9.59 Å². The van der Waals surface area contributed by atoms with Gasteiger partial charge < -0.3 is 20.3 Å². The van der Waals surface area contributed by atoms with Crippen LogP contribution in [0.2, 0.25) is 0 Å². The molecule has 0 aliphatic rings. The fourth-order valence-electron chi connectivity index (χ4n) is 2.20. The summed E-state index contributed by atoms with van der Waals surface area (Å²) in [6, 6.07) is 8.06. The van der Waals surface area contributed by atoms with Crippen molar-refractivity contribution in [3.05, 3.63) is 61.0 Å². The van der Waals surface area contributed by atoms with Crippen molar-refractivity contribution in [2.45, 2.75) is 19.4 Å². The minimum Gasteiger partial charge on any atom is -0.486 e. The second-order valence-electron chi connectivity index (χ2n) is 5.44. The molecule has 1 aromatic carbocycles. The number of benzene rings is 1. The third kappa shape index (κ3) is 8.64. The van der Waals surface area contributed by atoms with E-state index in [1.54, 1.807) is 6.20 Å². The Kier molecular flexibility index (Phi) is 9.88. The van der Waals surface area contributed by atoms with E-state index in [0.29, 0.717) is 12.2 Å². The van der Waals surface area contributed by atoms with Gasteiger partial charge in [0.15, 0.2) is 0 Å². The number of pyridine rings is 1. The minimum atomic E-state index is -1.26. The molecule has 0 amide bonds. The smallest absolute Gasteiger partial charge is 0.328 e. The molecule has 1 aromatic heterocycles. The molecule has 0 aliphatic carbocycles. The first-order valence-electron chi connectivity index (χ1n) is 8.38. The highest BCUT2D eigenvalue weighted by Gasteiger charge is 2.08. The van der Waals surface area contributed by atoms with Crippen LogP contribution in [-0.4, -0.2) is 46.8 Å². The number of carbonyl (C=O) groups is 2. The van der Waals surface area contributed by atoms with Gasteiger partial charge >= 0.3 is 11.9 Å². The summed E-state index contributed by atoms with van der Waals surface area (Å²) in [5, 5.41) is 21.0. The maximum Gasteiger partial charge on any atom is 0.328 e. The van der Waals surface area contributed by atoms with E-state index in [9.17, 15) is 9.59 Å². The van der Waals surface area contributed by atoms with Crippen molar-refractivity contribution in [3.63, 3.8) is 0 Å². The third-order valence-electron chi connectivity index (χ3n) is 3.37. The van der Waals surface area contributed by atoms with E-state index in [4.69, 9.17) is 14.9 Å². The maximum absolute atomic E-state index is 9.55. The number of aliphatic carboxylic acids is 2. The molecule has 0 saturated carbocycles. The Bertz CT molecular complexity index is 781. The molecule has 0 aliphatic heterocycles. The lowest BCUT2D eigenvalue weighted by molar-refractivity contribution is -0.134. The average molecular weight is 372 g/mol. The number of carboxylic acid groups (broad SMARTS) is 2. The van der Waals surface area contributed by atoms with Crippen LogP contribution in [-0.2, 0) is 9.59 Å². The number of hydrogen-bond acceptors (Lipinski definition) is 5. The summed E-state index contributed by atoms with van der Waals surface area (Å²) in [5.41, 5.74) is 0. The second kappa shape index (κ2) is 12.2. The van der Waals surface area contributed by atoms with E-state index in [1.165, 1.54) is 0 Å². The summed E-state index contributed by atoms with van der Waals surface area (Å²) in [4.78, 5) is 23.2. The van der Waals surface area contributed by atoms with Gasteiger partial charge in [0.1, 0.15) is 11.9 Å². The van der Waals surface area contributed by atoms with Crippen molar-refractivity contribution in [1.29, 1.82) is 0 Å². The molecule has 144 valence electrons. The largest absolute Gasteiger partial charge is 0.486 e. The lowest BCUT2D eigenvalue weighted by Crippen LogP contribution is -2.20. The quantitative estimate of drug-likeness (QED) is 0.483. The zero-order valence-electron chi connectivity index (χ0n) is 15.3. The first kappa shape index (κ1) is 21.9. The van der Waals surface area contributed by atoms with Crippen LogP contribution in [0.25, 0.3) is 10.8 Å². The van der Waals surface area contributed by atoms with Crippen molar-refractivity contribution >= 4 is 22.7 Å². The summed E-state index contributed by atoms with van der Waals surface area (Å²) in [6.07, 6.45) is 9.95. The Morgan fingerprint density at radius 1 is 1.22 bits per heavy atom. The number of fused-ring (bicyclic) bond motifs is 1. The number of hydrogen-bond donors (Lipinski definition) is 3. The molecule has 7 heteroatoms. The minimum absolute atomic E-state index is 0.0937. The molecule has 0 fully saturated rings. The Morgan fingerprint density at radius 3 is 2.52 bits per heavy atom. The lowest BCUT2D eigenvalue weighted by Gasteiger charge is -2.17.